The Morgan fingerprint density at radius 1 is 0.964 bits per heavy atom. The van der Waals surface area contributed by atoms with Crippen molar-refractivity contribution < 1.29 is 34.6 Å². The third-order valence-electron chi connectivity index (χ3n) is 3.62. The summed E-state index contributed by atoms with van der Waals surface area (Å²) in [5.74, 6) is 0. The molecule has 0 atom stereocenters. The van der Waals surface area contributed by atoms with Crippen LogP contribution in [0, 0.1) is 0 Å². The molecule has 0 aliphatic rings. The van der Waals surface area contributed by atoms with Gasteiger partial charge in [0.15, 0.2) is 10.0 Å². The predicted octanol–water partition coefficient (Wildman–Crippen LogP) is 3.62. The SMILES string of the molecule is CCCCCCCCCCn1cc[n+](C)c1.CS(=O)(=O)[N-]S(=O)(=O)C(F)(F)F. The van der Waals surface area contributed by atoms with E-state index in [1.165, 1.54) is 57.9 Å². The first-order chi connectivity index (χ1) is 12.8. The van der Waals surface area contributed by atoms with Gasteiger partial charge in [-0.25, -0.2) is 26.0 Å². The normalized spacial score (nSPS) is 12.5. The molecule has 1 aromatic rings. The first-order valence-electron chi connectivity index (χ1n) is 9.05. The van der Waals surface area contributed by atoms with Gasteiger partial charge in [-0.2, -0.15) is 13.2 Å². The number of nitrogens with zero attached hydrogens (tertiary/aromatic N) is 3. The Morgan fingerprint density at radius 3 is 1.82 bits per heavy atom. The fraction of sp³-hybridized carbons (Fsp3) is 0.812. The molecule has 1 aromatic heterocycles. The van der Waals surface area contributed by atoms with Crippen LogP contribution in [0.25, 0.3) is 4.13 Å². The molecule has 1 heterocycles. The Balaban J connectivity index is 0.000000546. The lowest BCUT2D eigenvalue weighted by atomic mass is 10.1. The van der Waals surface area contributed by atoms with Gasteiger partial charge in [0.05, 0.1) is 23.6 Å². The second-order valence-electron chi connectivity index (χ2n) is 6.52. The maximum absolute atomic E-state index is 11.4. The molecular weight excluding hydrogens is 419 g/mol. The molecule has 0 amide bonds. The third kappa shape index (κ3) is 13.1. The van der Waals surface area contributed by atoms with Crippen molar-refractivity contribution in [1.82, 2.24) is 4.57 Å². The Morgan fingerprint density at radius 2 is 1.46 bits per heavy atom. The van der Waals surface area contributed by atoms with Crippen LogP contribution in [-0.2, 0) is 33.6 Å². The molecule has 0 aromatic carbocycles. The van der Waals surface area contributed by atoms with Gasteiger partial charge in [0.1, 0.15) is 12.4 Å². The summed E-state index contributed by atoms with van der Waals surface area (Å²) in [7, 11) is -8.39. The average molecular weight is 450 g/mol. The highest BCUT2D eigenvalue weighted by atomic mass is 32.3. The van der Waals surface area contributed by atoms with Crippen molar-refractivity contribution in [3.63, 3.8) is 0 Å². The van der Waals surface area contributed by atoms with Gasteiger partial charge < -0.3 is 4.13 Å². The summed E-state index contributed by atoms with van der Waals surface area (Å²) in [4.78, 5) is 0. The molecule has 0 radical (unpaired) electrons. The van der Waals surface area contributed by atoms with Gasteiger partial charge in [0.2, 0.25) is 6.33 Å². The van der Waals surface area contributed by atoms with Crippen LogP contribution in [0.2, 0.25) is 0 Å². The summed E-state index contributed by atoms with van der Waals surface area (Å²) in [6.07, 6.45) is 17.8. The van der Waals surface area contributed by atoms with E-state index >= 15 is 0 Å². The van der Waals surface area contributed by atoms with Gasteiger partial charge in [0.25, 0.3) is 0 Å². The fourth-order valence-corrected chi connectivity index (χ4v) is 4.05. The van der Waals surface area contributed by atoms with Gasteiger partial charge in [0, 0.05) is 6.26 Å². The van der Waals surface area contributed by atoms with E-state index in [0.29, 0.717) is 0 Å². The summed E-state index contributed by atoms with van der Waals surface area (Å²) < 4.78 is 80.4. The number of rotatable bonds is 11. The molecule has 0 aliphatic carbocycles. The van der Waals surface area contributed by atoms with E-state index in [4.69, 9.17) is 0 Å². The number of unbranched alkanes of at least 4 members (excludes halogenated alkanes) is 7. The van der Waals surface area contributed by atoms with Crippen molar-refractivity contribution in [2.24, 2.45) is 7.05 Å². The lowest BCUT2D eigenvalue weighted by Crippen LogP contribution is -2.23. The van der Waals surface area contributed by atoms with Gasteiger partial charge in [-0.1, -0.05) is 45.4 Å². The van der Waals surface area contributed by atoms with Gasteiger partial charge in [-0.3, -0.25) is 0 Å². The molecule has 1 rings (SSSR count). The second-order valence-corrected chi connectivity index (χ2v) is 10.00. The Bertz CT molecular complexity index is 760. The van der Waals surface area contributed by atoms with Crippen molar-refractivity contribution in [2.75, 3.05) is 6.26 Å². The van der Waals surface area contributed by atoms with E-state index in [1.54, 1.807) is 4.13 Å². The van der Waals surface area contributed by atoms with Crippen LogP contribution in [0.4, 0.5) is 13.2 Å². The lowest BCUT2D eigenvalue weighted by molar-refractivity contribution is -0.671. The number of halogens is 3. The molecule has 0 spiro atoms. The van der Waals surface area contributed by atoms with Crippen molar-refractivity contribution >= 4 is 20.0 Å². The maximum atomic E-state index is 11.4. The Labute approximate surface area is 166 Å². The molecule has 0 bridgehead atoms. The summed E-state index contributed by atoms with van der Waals surface area (Å²) in [5.41, 5.74) is -5.67. The van der Waals surface area contributed by atoms with E-state index in [0.717, 1.165) is 0 Å². The minimum absolute atomic E-state index is 0.246. The Kier molecular flexibility index (Phi) is 11.9. The van der Waals surface area contributed by atoms with E-state index in [1.807, 2.05) is 0 Å². The van der Waals surface area contributed by atoms with E-state index in [-0.39, 0.29) is 6.26 Å². The van der Waals surface area contributed by atoms with Gasteiger partial charge in [-0.15, -0.1) is 0 Å². The number of alkyl halides is 3. The standard InChI is InChI=1S/C14H27N2.C2H3F3NO4S2/c1-3-4-5-6-7-8-9-10-11-16-13-12-15(2)14-16;1-11(7,8)6-12(9,10)2(3,4)5/h12-14H,3-11H2,1-2H3;1H3/q+1;-1. The minimum atomic E-state index is -5.92. The van der Waals surface area contributed by atoms with Crippen LogP contribution in [0.15, 0.2) is 18.7 Å². The highest BCUT2D eigenvalue weighted by Crippen LogP contribution is 2.29. The number of aryl methyl sites for hydroxylation is 2. The number of hydrogen-bond donors (Lipinski definition) is 0. The number of imidazole rings is 1. The predicted molar refractivity (Wildman–Crippen MR) is 101 cm³/mol. The molecule has 0 fully saturated rings. The largest absolute Gasteiger partial charge is 0.480 e. The average Bonchev–Trinajstić information content (AvgIpc) is 2.93. The molecular formula is C16H30F3N3O4S2. The van der Waals surface area contributed by atoms with Gasteiger partial charge in [-0.05, 0) is 12.8 Å². The third-order valence-corrected chi connectivity index (χ3v) is 6.07. The van der Waals surface area contributed by atoms with Crippen LogP contribution < -0.4 is 4.57 Å². The maximum Gasteiger partial charge on any atom is 0.480 e. The van der Waals surface area contributed by atoms with Crippen LogP contribution in [0.1, 0.15) is 58.3 Å². The van der Waals surface area contributed by atoms with Crippen molar-refractivity contribution in [1.29, 1.82) is 0 Å². The van der Waals surface area contributed by atoms with Crippen LogP contribution in [0.5, 0.6) is 0 Å². The zero-order valence-corrected chi connectivity index (χ0v) is 18.2. The highest BCUT2D eigenvalue weighted by Gasteiger charge is 2.39. The van der Waals surface area contributed by atoms with Crippen molar-refractivity contribution in [3.05, 3.63) is 22.8 Å². The summed E-state index contributed by atoms with van der Waals surface area (Å²) >= 11 is 0. The molecule has 0 unspecified atom stereocenters. The molecule has 7 nitrogen and oxygen atoms in total. The smallest absolute Gasteiger partial charge is 0.429 e. The topological polar surface area (TPSA) is 91.2 Å². The second kappa shape index (κ2) is 12.4. The van der Waals surface area contributed by atoms with E-state index < -0.39 is 25.6 Å². The molecule has 0 N–H and O–H groups in total. The number of aromatic nitrogens is 2. The summed E-state index contributed by atoms with van der Waals surface area (Å²) in [6, 6.07) is 0. The molecule has 166 valence electrons. The molecule has 0 aliphatic heterocycles. The quantitative estimate of drug-likeness (QED) is 0.381. The number of hydrogen-bond acceptors (Lipinski definition) is 4. The van der Waals surface area contributed by atoms with Crippen molar-refractivity contribution in [2.45, 2.75) is 70.3 Å². The fourth-order valence-electron chi connectivity index (χ4n) is 2.28. The lowest BCUT2D eigenvalue weighted by Gasteiger charge is -2.19. The van der Waals surface area contributed by atoms with Crippen molar-refractivity contribution in [3.8, 4) is 0 Å². The minimum Gasteiger partial charge on any atom is -0.429 e. The molecule has 0 saturated carbocycles. The first kappa shape index (κ1) is 26.9. The highest BCUT2D eigenvalue weighted by molar-refractivity contribution is 8.12. The summed E-state index contributed by atoms with van der Waals surface area (Å²) in [5, 5.41) is 0. The van der Waals surface area contributed by atoms with Crippen LogP contribution in [-0.4, -0.2) is 33.2 Å². The number of sulfonamides is 2. The first-order valence-corrected chi connectivity index (χ1v) is 12.3. The van der Waals surface area contributed by atoms with Gasteiger partial charge >= 0.3 is 5.51 Å². The molecule has 0 saturated heterocycles. The zero-order valence-electron chi connectivity index (χ0n) is 16.5. The van der Waals surface area contributed by atoms with Crippen LogP contribution in [0.3, 0.4) is 0 Å². The molecule has 12 heteroatoms. The summed E-state index contributed by atoms with van der Waals surface area (Å²) in [6.45, 7) is 3.45. The zero-order chi connectivity index (χ0) is 21.8. The molecule has 28 heavy (non-hydrogen) atoms. The van der Waals surface area contributed by atoms with Crippen LogP contribution >= 0.6 is 0 Å². The monoisotopic (exact) mass is 449 g/mol. The Hall–Kier alpha value is -1.14. The van der Waals surface area contributed by atoms with E-state index in [9.17, 15) is 30.0 Å². The van der Waals surface area contributed by atoms with E-state index in [2.05, 4.69) is 41.8 Å².